The second kappa shape index (κ2) is 5.86. The van der Waals surface area contributed by atoms with E-state index >= 15 is 0 Å². The van der Waals surface area contributed by atoms with E-state index in [2.05, 4.69) is 5.32 Å². The first-order chi connectivity index (χ1) is 8.06. The molecule has 90 valence electrons. The number of benzene rings is 1. The molecule has 2 N–H and O–H groups in total. The van der Waals surface area contributed by atoms with Crippen molar-refractivity contribution in [3.05, 3.63) is 45.3 Å². The van der Waals surface area contributed by atoms with Crippen LogP contribution >= 0.6 is 11.6 Å². The summed E-state index contributed by atoms with van der Waals surface area (Å²) >= 11 is 5.72. The summed E-state index contributed by atoms with van der Waals surface area (Å²) in [5, 5.41) is 20.6. The molecule has 1 rings (SSSR count). The minimum atomic E-state index is -0.565. The van der Waals surface area contributed by atoms with Gasteiger partial charge in [-0.1, -0.05) is 11.6 Å². The number of rotatable bonds is 5. The van der Waals surface area contributed by atoms with Gasteiger partial charge in [0, 0.05) is 19.3 Å². The number of nitro benzene ring substituents is 1. The average Bonchev–Trinajstić information content (AvgIpc) is 2.27. The Morgan fingerprint density at radius 2 is 2.29 bits per heavy atom. The van der Waals surface area contributed by atoms with Crippen molar-refractivity contribution in [1.29, 1.82) is 5.41 Å². The van der Waals surface area contributed by atoms with E-state index in [0.29, 0.717) is 0 Å². The maximum Gasteiger partial charge on any atom is 0.274 e. The largest absolute Gasteiger partial charge is 0.454 e. The fourth-order valence-corrected chi connectivity index (χ4v) is 1.31. The number of non-ortho nitro benzene ring substituents is 1. The first-order valence-electron chi connectivity index (χ1n) is 4.57. The molecule has 0 saturated heterocycles. The molecular weight excluding hydrogens is 246 g/mol. The highest BCUT2D eigenvalue weighted by molar-refractivity contribution is 6.30. The SMILES string of the molecule is CN/C=C(\C=N)Oc1cc(Cl)cc([N+](=O)[O-])c1. The average molecular weight is 256 g/mol. The zero-order valence-electron chi connectivity index (χ0n) is 8.94. The predicted molar refractivity (Wildman–Crippen MR) is 64.7 cm³/mol. The molecule has 0 bridgehead atoms. The molecule has 1 aromatic carbocycles. The summed E-state index contributed by atoms with van der Waals surface area (Å²) < 4.78 is 5.24. The highest BCUT2D eigenvalue weighted by atomic mass is 35.5. The summed E-state index contributed by atoms with van der Waals surface area (Å²) in [6.45, 7) is 0. The Morgan fingerprint density at radius 3 is 2.82 bits per heavy atom. The zero-order chi connectivity index (χ0) is 12.8. The summed E-state index contributed by atoms with van der Waals surface area (Å²) in [5.41, 5.74) is -0.165. The molecule has 0 radical (unpaired) electrons. The van der Waals surface area contributed by atoms with Crippen molar-refractivity contribution < 1.29 is 9.66 Å². The molecule has 0 atom stereocenters. The van der Waals surface area contributed by atoms with Gasteiger partial charge in [0.15, 0.2) is 5.76 Å². The van der Waals surface area contributed by atoms with Crippen LogP contribution in [0.3, 0.4) is 0 Å². The molecule has 0 aliphatic heterocycles. The van der Waals surface area contributed by atoms with Crippen LogP contribution in [0.15, 0.2) is 30.2 Å². The van der Waals surface area contributed by atoms with E-state index in [9.17, 15) is 10.1 Å². The minimum Gasteiger partial charge on any atom is -0.454 e. The van der Waals surface area contributed by atoms with E-state index in [1.54, 1.807) is 7.05 Å². The summed E-state index contributed by atoms with van der Waals surface area (Å²) in [5.74, 6) is 0.415. The van der Waals surface area contributed by atoms with Crippen LogP contribution in [-0.2, 0) is 0 Å². The number of hydrogen-bond donors (Lipinski definition) is 2. The van der Waals surface area contributed by atoms with Crippen molar-refractivity contribution in [2.24, 2.45) is 0 Å². The smallest absolute Gasteiger partial charge is 0.274 e. The van der Waals surface area contributed by atoms with Gasteiger partial charge in [0.05, 0.1) is 22.2 Å². The maximum absolute atomic E-state index is 10.6. The normalized spacial score (nSPS) is 10.8. The van der Waals surface area contributed by atoms with E-state index in [0.717, 1.165) is 6.21 Å². The molecule has 0 spiro atoms. The van der Waals surface area contributed by atoms with Crippen LogP contribution in [0, 0.1) is 15.5 Å². The molecular formula is C10H10ClN3O3. The molecule has 0 aliphatic rings. The number of halogens is 1. The number of nitrogens with zero attached hydrogens (tertiary/aromatic N) is 1. The van der Waals surface area contributed by atoms with Crippen molar-refractivity contribution in [2.75, 3.05) is 7.05 Å². The van der Waals surface area contributed by atoms with Crippen LogP contribution in [0.2, 0.25) is 5.02 Å². The molecule has 1 aromatic rings. The third-order valence-electron chi connectivity index (χ3n) is 1.73. The van der Waals surface area contributed by atoms with Gasteiger partial charge in [-0.3, -0.25) is 10.1 Å². The molecule has 0 saturated carbocycles. The fourth-order valence-electron chi connectivity index (χ4n) is 1.09. The molecule has 0 heterocycles. The number of allylic oxidation sites excluding steroid dienone is 1. The van der Waals surface area contributed by atoms with E-state index in [1.807, 2.05) is 0 Å². The Morgan fingerprint density at radius 1 is 1.59 bits per heavy atom. The fraction of sp³-hybridized carbons (Fsp3) is 0.100. The quantitative estimate of drug-likeness (QED) is 0.366. The molecule has 0 amide bonds. The van der Waals surface area contributed by atoms with E-state index in [-0.39, 0.29) is 22.2 Å². The molecule has 0 unspecified atom stereocenters. The van der Waals surface area contributed by atoms with Crippen molar-refractivity contribution in [1.82, 2.24) is 5.32 Å². The minimum absolute atomic E-state index is 0.165. The second-order valence-corrected chi connectivity index (χ2v) is 3.42. The first kappa shape index (κ1) is 13.0. The number of ether oxygens (including phenoxy) is 1. The lowest BCUT2D eigenvalue weighted by Crippen LogP contribution is -2.03. The van der Waals surface area contributed by atoms with Gasteiger partial charge in [-0.05, 0) is 6.07 Å². The number of nitrogens with one attached hydrogen (secondary N) is 2. The van der Waals surface area contributed by atoms with Crippen LogP contribution in [0.1, 0.15) is 0 Å². The lowest BCUT2D eigenvalue weighted by atomic mass is 10.3. The Labute approximate surface area is 103 Å². The van der Waals surface area contributed by atoms with Crippen molar-refractivity contribution >= 4 is 23.5 Å². The molecule has 6 nitrogen and oxygen atoms in total. The molecule has 0 fully saturated rings. The topological polar surface area (TPSA) is 88.2 Å². The van der Waals surface area contributed by atoms with E-state index in [4.69, 9.17) is 21.7 Å². The first-order valence-corrected chi connectivity index (χ1v) is 4.95. The Hall–Kier alpha value is -2.08. The van der Waals surface area contributed by atoms with Crippen LogP contribution in [-0.4, -0.2) is 18.2 Å². The van der Waals surface area contributed by atoms with E-state index in [1.165, 1.54) is 24.4 Å². The second-order valence-electron chi connectivity index (χ2n) is 2.98. The summed E-state index contributed by atoms with van der Waals surface area (Å²) in [6, 6.07) is 3.89. The van der Waals surface area contributed by atoms with Gasteiger partial charge >= 0.3 is 0 Å². The Kier molecular flexibility index (Phi) is 4.47. The van der Waals surface area contributed by atoms with Crippen LogP contribution in [0.4, 0.5) is 5.69 Å². The van der Waals surface area contributed by atoms with Crippen molar-refractivity contribution in [2.45, 2.75) is 0 Å². The molecule has 0 aliphatic carbocycles. The monoisotopic (exact) mass is 255 g/mol. The van der Waals surface area contributed by atoms with Crippen molar-refractivity contribution in [3.8, 4) is 5.75 Å². The third kappa shape index (κ3) is 3.76. The van der Waals surface area contributed by atoms with Crippen LogP contribution < -0.4 is 10.1 Å². The van der Waals surface area contributed by atoms with Crippen LogP contribution in [0.5, 0.6) is 5.75 Å². The molecule has 17 heavy (non-hydrogen) atoms. The van der Waals surface area contributed by atoms with Gasteiger partial charge in [0.25, 0.3) is 5.69 Å². The predicted octanol–water partition coefficient (Wildman–Crippen LogP) is 2.34. The van der Waals surface area contributed by atoms with Gasteiger partial charge in [-0.2, -0.15) is 0 Å². The lowest BCUT2D eigenvalue weighted by molar-refractivity contribution is -0.384. The number of nitro groups is 1. The van der Waals surface area contributed by atoms with E-state index < -0.39 is 4.92 Å². The molecule has 7 heteroatoms. The highest BCUT2D eigenvalue weighted by Gasteiger charge is 2.10. The maximum atomic E-state index is 10.6. The standard InChI is InChI=1S/C10H10ClN3O3/c1-13-6-10(5-12)17-9-3-7(11)2-8(4-9)14(15)16/h2-6,12-13H,1H3/b10-6+,12-5?. The Bertz CT molecular complexity index is 474. The van der Waals surface area contributed by atoms with Crippen molar-refractivity contribution in [3.63, 3.8) is 0 Å². The van der Waals surface area contributed by atoms with Gasteiger partial charge in [0.2, 0.25) is 0 Å². The molecule has 0 aromatic heterocycles. The summed E-state index contributed by atoms with van der Waals surface area (Å²) in [6.07, 6.45) is 2.42. The summed E-state index contributed by atoms with van der Waals surface area (Å²) in [7, 11) is 1.65. The van der Waals surface area contributed by atoms with Gasteiger partial charge in [-0.25, -0.2) is 0 Å². The van der Waals surface area contributed by atoms with Gasteiger partial charge in [0.1, 0.15) is 5.75 Å². The highest BCUT2D eigenvalue weighted by Crippen LogP contribution is 2.26. The van der Waals surface area contributed by atoms with Gasteiger partial charge < -0.3 is 15.5 Å². The third-order valence-corrected chi connectivity index (χ3v) is 1.95. The van der Waals surface area contributed by atoms with Gasteiger partial charge in [-0.15, -0.1) is 0 Å². The Balaban J connectivity index is 3.02. The summed E-state index contributed by atoms with van der Waals surface area (Å²) in [4.78, 5) is 10.0. The number of hydrogen-bond acceptors (Lipinski definition) is 5. The zero-order valence-corrected chi connectivity index (χ0v) is 9.69. The van der Waals surface area contributed by atoms with Crippen LogP contribution in [0.25, 0.3) is 0 Å². The lowest BCUT2D eigenvalue weighted by Gasteiger charge is -2.06.